The summed E-state index contributed by atoms with van der Waals surface area (Å²) in [5, 5.41) is 15.5. The Balaban J connectivity index is 1.62. The first-order valence-corrected chi connectivity index (χ1v) is 13.4. The molecular formula is C25H25FN4O4S2. The van der Waals surface area contributed by atoms with Crippen LogP contribution in [-0.4, -0.2) is 43.2 Å². The van der Waals surface area contributed by atoms with Crippen LogP contribution in [0.3, 0.4) is 0 Å². The van der Waals surface area contributed by atoms with Crippen LogP contribution in [0.25, 0.3) is 11.1 Å². The zero-order valence-electron chi connectivity index (χ0n) is 19.9. The number of nitrogens with zero attached hydrogens (tertiary/aromatic N) is 3. The number of aryl methyl sites for hydroxylation is 1. The average molecular weight is 529 g/mol. The number of primary sulfonamides is 1. The van der Waals surface area contributed by atoms with Crippen LogP contribution in [-0.2, 0) is 10.0 Å². The number of benzene rings is 2. The van der Waals surface area contributed by atoms with Gasteiger partial charge in [0, 0.05) is 29.9 Å². The fourth-order valence-corrected chi connectivity index (χ4v) is 5.76. The van der Waals surface area contributed by atoms with Crippen molar-refractivity contribution in [1.29, 1.82) is 0 Å². The molecule has 0 aliphatic carbocycles. The Hall–Kier alpha value is -3.30. The number of anilines is 2. The van der Waals surface area contributed by atoms with Crippen molar-refractivity contribution in [2.75, 3.05) is 22.9 Å². The van der Waals surface area contributed by atoms with E-state index in [0.717, 1.165) is 11.3 Å². The number of sulfonamides is 1. The molecule has 11 heteroatoms. The monoisotopic (exact) mass is 528 g/mol. The number of amides is 2. The number of aromatic nitrogens is 1. The van der Waals surface area contributed by atoms with Crippen LogP contribution in [0.5, 0.6) is 0 Å². The fourth-order valence-electron chi connectivity index (χ4n) is 3.79. The molecule has 0 bridgehead atoms. The van der Waals surface area contributed by atoms with E-state index >= 15 is 0 Å². The van der Waals surface area contributed by atoms with Crippen molar-refractivity contribution in [3.63, 3.8) is 0 Å². The van der Waals surface area contributed by atoms with Gasteiger partial charge in [-0.05, 0) is 63.1 Å². The molecular weight excluding hydrogens is 503 g/mol. The molecule has 0 spiro atoms. The molecule has 1 aromatic heterocycles. The molecule has 1 aliphatic heterocycles. The van der Waals surface area contributed by atoms with E-state index in [0.29, 0.717) is 41.9 Å². The van der Waals surface area contributed by atoms with Crippen LogP contribution >= 0.6 is 11.3 Å². The second-order valence-corrected chi connectivity index (χ2v) is 11.6. The molecule has 1 aliphatic rings. The fraction of sp³-hybridized carbons (Fsp3) is 0.280. The third-order valence-electron chi connectivity index (χ3n) is 5.43. The first kappa shape index (κ1) is 25.8. The van der Waals surface area contributed by atoms with Gasteiger partial charge in [-0.1, -0.05) is 35.3 Å². The van der Waals surface area contributed by atoms with Crippen molar-refractivity contribution in [1.82, 2.24) is 4.98 Å². The number of carbonyl (C=O) groups excluding carboxylic acids is 1. The Labute approximate surface area is 213 Å². The van der Waals surface area contributed by atoms with E-state index in [-0.39, 0.29) is 21.1 Å². The summed E-state index contributed by atoms with van der Waals surface area (Å²) in [5.41, 5.74) is 1.53. The molecule has 1 fully saturated rings. The van der Waals surface area contributed by atoms with Gasteiger partial charge >= 0.3 is 6.03 Å². The van der Waals surface area contributed by atoms with E-state index in [1.807, 2.05) is 0 Å². The lowest BCUT2D eigenvalue weighted by Crippen LogP contribution is -2.49. The van der Waals surface area contributed by atoms with Crippen molar-refractivity contribution < 1.29 is 22.7 Å². The van der Waals surface area contributed by atoms with Crippen LogP contribution in [0.15, 0.2) is 46.7 Å². The molecule has 1 saturated heterocycles. The van der Waals surface area contributed by atoms with Crippen molar-refractivity contribution in [2.24, 2.45) is 5.14 Å². The Kier molecular flexibility index (Phi) is 6.90. The van der Waals surface area contributed by atoms with Crippen LogP contribution in [0.1, 0.15) is 31.5 Å². The van der Waals surface area contributed by atoms with Gasteiger partial charge in [0.15, 0.2) is 9.34 Å². The van der Waals surface area contributed by atoms with Gasteiger partial charge in [-0.2, -0.15) is 0 Å². The lowest BCUT2D eigenvalue weighted by molar-refractivity contribution is 0.143. The molecule has 2 aromatic carbocycles. The standard InChI is InChI=1S/C25H25FN4O4S2/c1-16-22(36(27,33)34)35-23(28-16)30-14-4-13-29(24(30)31)20-9-6-17(7-10-20)21-15-19(26)8-5-18(21)11-12-25(2,3)32/h5-10,15,32H,4,13-14H2,1-3H3,(H2,27,33,34). The Morgan fingerprint density at radius 2 is 1.81 bits per heavy atom. The van der Waals surface area contributed by atoms with Gasteiger partial charge in [-0.25, -0.2) is 27.7 Å². The minimum atomic E-state index is -3.93. The summed E-state index contributed by atoms with van der Waals surface area (Å²) >= 11 is 0.871. The molecule has 0 saturated carbocycles. The molecule has 2 heterocycles. The van der Waals surface area contributed by atoms with Crippen LogP contribution in [0.2, 0.25) is 0 Å². The van der Waals surface area contributed by atoms with E-state index in [1.165, 1.54) is 24.0 Å². The highest BCUT2D eigenvalue weighted by molar-refractivity contribution is 7.91. The highest BCUT2D eigenvalue weighted by Crippen LogP contribution is 2.33. The minimum absolute atomic E-state index is 0.0645. The zero-order chi connectivity index (χ0) is 26.3. The van der Waals surface area contributed by atoms with Gasteiger partial charge in [0.25, 0.3) is 0 Å². The normalized spacial score (nSPS) is 14.6. The maximum absolute atomic E-state index is 14.0. The Bertz CT molecular complexity index is 1480. The van der Waals surface area contributed by atoms with Gasteiger partial charge in [-0.3, -0.25) is 9.80 Å². The summed E-state index contributed by atoms with van der Waals surface area (Å²) in [6.07, 6.45) is 0.650. The van der Waals surface area contributed by atoms with E-state index in [4.69, 9.17) is 5.14 Å². The van der Waals surface area contributed by atoms with Crippen LogP contribution in [0, 0.1) is 24.6 Å². The summed E-state index contributed by atoms with van der Waals surface area (Å²) in [6, 6.07) is 11.0. The molecule has 188 valence electrons. The molecule has 2 amide bonds. The first-order chi connectivity index (χ1) is 16.8. The number of rotatable bonds is 4. The van der Waals surface area contributed by atoms with Crippen LogP contribution < -0.4 is 14.9 Å². The van der Waals surface area contributed by atoms with E-state index < -0.39 is 21.4 Å². The number of carbonyl (C=O) groups is 1. The summed E-state index contributed by atoms with van der Waals surface area (Å²) in [6.45, 7) is 5.55. The third-order valence-corrected chi connectivity index (χ3v) is 8.17. The second-order valence-electron chi connectivity index (χ2n) is 8.90. The topological polar surface area (TPSA) is 117 Å². The number of nitrogens with two attached hydrogens (primary N) is 1. The number of hydrogen-bond acceptors (Lipinski definition) is 6. The van der Waals surface area contributed by atoms with Gasteiger partial charge in [-0.15, -0.1) is 0 Å². The van der Waals surface area contributed by atoms with Gasteiger partial charge in [0.2, 0.25) is 10.0 Å². The van der Waals surface area contributed by atoms with Crippen molar-refractivity contribution in [3.8, 4) is 23.0 Å². The third kappa shape index (κ3) is 5.57. The van der Waals surface area contributed by atoms with E-state index in [9.17, 15) is 22.7 Å². The van der Waals surface area contributed by atoms with E-state index in [2.05, 4.69) is 16.8 Å². The highest BCUT2D eigenvalue weighted by atomic mass is 32.2. The maximum atomic E-state index is 14.0. The molecule has 0 atom stereocenters. The van der Waals surface area contributed by atoms with Crippen molar-refractivity contribution in [2.45, 2.75) is 37.0 Å². The molecule has 3 aromatic rings. The smallest absolute Gasteiger partial charge is 0.330 e. The maximum Gasteiger partial charge on any atom is 0.330 e. The number of thiazole rings is 1. The summed E-state index contributed by atoms with van der Waals surface area (Å²) in [4.78, 5) is 20.6. The molecule has 36 heavy (non-hydrogen) atoms. The summed E-state index contributed by atoms with van der Waals surface area (Å²) in [5.74, 6) is 5.24. The SMILES string of the molecule is Cc1nc(N2CCCN(c3ccc(-c4cc(F)ccc4C#CC(C)(C)O)cc3)C2=O)sc1S(N)(=O)=O. The predicted molar refractivity (Wildman–Crippen MR) is 138 cm³/mol. The molecule has 0 radical (unpaired) electrons. The lowest BCUT2D eigenvalue weighted by Gasteiger charge is -2.34. The molecule has 4 rings (SSSR count). The number of urea groups is 1. The van der Waals surface area contributed by atoms with Gasteiger partial charge < -0.3 is 5.11 Å². The second kappa shape index (κ2) is 9.63. The van der Waals surface area contributed by atoms with Gasteiger partial charge in [0.1, 0.15) is 11.4 Å². The lowest BCUT2D eigenvalue weighted by atomic mass is 9.98. The predicted octanol–water partition coefficient (Wildman–Crippen LogP) is 3.86. The summed E-state index contributed by atoms with van der Waals surface area (Å²) < 4.78 is 37.5. The first-order valence-electron chi connectivity index (χ1n) is 11.1. The van der Waals surface area contributed by atoms with Gasteiger partial charge in [0.05, 0.1) is 5.69 Å². The number of hydrogen-bond donors (Lipinski definition) is 2. The Morgan fingerprint density at radius 1 is 1.14 bits per heavy atom. The molecule has 8 nitrogen and oxygen atoms in total. The highest BCUT2D eigenvalue weighted by Gasteiger charge is 2.31. The molecule has 3 N–H and O–H groups in total. The minimum Gasteiger partial charge on any atom is -0.378 e. The van der Waals surface area contributed by atoms with Crippen molar-refractivity contribution in [3.05, 3.63) is 59.5 Å². The average Bonchev–Trinajstić information content (AvgIpc) is 3.20. The Morgan fingerprint density at radius 3 is 2.42 bits per heavy atom. The quantitative estimate of drug-likeness (QED) is 0.499. The summed E-state index contributed by atoms with van der Waals surface area (Å²) in [7, 11) is -3.93. The van der Waals surface area contributed by atoms with Crippen molar-refractivity contribution >= 4 is 38.2 Å². The van der Waals surface area contributed by atoms with E-state index in [1.54, 1.807) is 49.1 Å². The number of aliphatic hydroxyl groups is 1. The van der Waals surface area contributed by atoms with Crippen LogP contribution in [0.4, 0.5) is 20.0 Å². The number of halogens is 1. The molecule has 0 unspecified atom stereocenters. The largest absolute Gasteiger partial charge is 0.378 e. The zero-order valence-corrected chi connectivity index (χ0v) is 21.6.